The Labute approximate surface area is 47.3 Å². The highest BCUT2D eigenvalue weighted by molar-refractivity contribution is 8.01. The molecule has 1 aliphatic rings. The standard InChI is InChI=1S/C4H7ClS/c5-3-4-1-2-6-4/h4H,1-3H2. The second kappa shape index (κ2) is 2.08. The van der Waals surface area contributed by atoms with E-state index < -0.39 is 0 Å². The van der Waals surface area contributed by atoms with Gasteiger partial charge in [0, 0.05) is 11.1 Å². The minimum absolute atomic E-state index is 0.798. The van der Waals surface area contributed by atoms with Gasteiger partial charge in [0.05, 0.1) is 0 Å². The van der Waals surface area contributed by atoms with E-state index >= 15 is 0 Å². The summed E-state index contributed by atoms with van der Waals surface area (Å²) in [7, 11) is 0. The summed E-state index contributed by atoms with van der Waals surface area (Å²) in [5.41, 5.74) is 0. The Morgan fingerprint density at radius 2 is 2.50 bits per heavy atom. The summed E-state index contributed by atoms with van der Waals surface area (Å²) in [6.07, 6.45) is 1.34. The molecule has 1 aliphatic heterocycles. The van der Waals surface area contributed by atoms with Gasteiger partial charge in [-0.3, -0.25) is 0 Å². The highest BCUT2D eigenvalue weighted by Gasteiger charge is 2.15. The van der Waals surface area contributed by atoms with Crippen molar-refractivity contribution in [3.8, 4) is 0 Å². The summed E-state index contributed by atoms with van der Waals surface area (Å²) in [4.78, 5) is 0. The molecule has 0 amide bonds. The van der Waals surface area contributed by atoms with Crippen molar-refractivity contribution in [3.05, 3.63) is 0 Å². The number of thioether (sulfide) groups is 1. The zero-order chi connectivity index (χ0) is 4.41. The molecule has 0 aromatic carbocycles. The second-order valence-corrected chi connectivity index (χ2v) is 3.15. The minimum atomic E-state index is 0.798. The topological polar surface area (TPSA) is 0 Å². The molecule has 1 atom stereocenters. The van der Waals surface area contributed by atoms with Crippen LogP contribution in [0.3, 0.4) is 0 Å². The lowest BCUT2D eigenvalue weighted by Crippen LogP contribution is -2.16. The number of rotatable bonds is 1. The summed E-state index contributed by atoms with van der Waals surface area (Å²) in [6, 6.07) is 0. The summed E-state index contributed by atoms with van der Waals surface area (Å²) in [5, 5.41) is 0.798. The van der Waals surface area contributed by atoms with Crippen LogP contribution in [0.15, 0.2) is 0 Å². The van der Waals surface area contributed by atoms with Gasteiger partial charge in [-0.1, -0.05) is 0 Å². The Morgan fingerprint density at radius 1 is 1.83 bits per heavy atom. The van der Waals surface area contributed by atoms with Crippen molar-refractivity contribution in [2.45, 2.75) is 11.7 Å². The van der Waals surface area contributed by atoms with Gasteiger partial charge < -0.3 is 0 Å². The number of alkyl halides is 1. The first-order valence-electron chi connectivity index (χ1n) is 2.11. The summed E-state index contributed by atoms with van der Waals surface area (Å²) in [6.45, 7) is 0. The SMILES string of the molecule is ClCC1CCS1. The van der Waals surface area contributed by atoms with Gasteiger partial charge in [-0.05, 0) is 12.2 Å². The molecule has 0 saturated carbocycles. The Kier molecular flexibility index (Phi) is 1.66. The van der Waals surface area contributed by atoms with Gasteiger partial charge in [-0.15, -0.1) is 11.6 Å². The van der Waals surface area contributed by atoms with Gasteiger partial charge in [0.15, 0.2) is 0 Å². The van der Waals surface area contributed by atoms with Crippen molar-refractivity contribution in [3.63, 3.8) is 0 Å². The Morgan fingerprint density at radius 3 is 2.50 bits per heavy atom. The van der Waals surface area contributed by atoms with E-state index in [0.29, 0.717) is 0 Å². The molecular formula is C4H7ClS. The fourth-order valence-corrected chi connectivity index (χ4v) is 1.49. The Balaban J connectivity index is 2.01. The van der Waals surface area contributed by atoms with Crippen LogP contribution in [0.4, 0.5) is 0 Å². The van der Waals surface area contributed by atoms with E-state index in [9.17, 15) is 0 Å². The predicted octanol–water partition coefficient (Wildman–Crippen LogP) is 1.73. The molecule has 1 unspecified atom stereocenters. The van der Waals surface area contributed by atoms with Crippen LogP contribution in [0.5, 0.6) is 0 Å². The van der Waals surface area contributed by atoms with Gasteiger partial charge in [0.2, 0.25) is 0 Å². The third kappa shape index (κ3) is 0.824. The average Bonchev–Trinajstić information content (AvgIpc) is 1.31. The van der Waals surface area contributed by atoms with Crippen molar-refractivity contribution < 1.29 is 0 Å². The second-order valence-electron chi connectivity index (χ2n) is 1.44. The van der Waals surface area contributed by atoms with Gasteiger partial charge in [-0.25, -0.2) is 0 Å². The third-order valence-electron chi connectivity index (χ3n) is 0.965. The molecule has 1 fully saturated rings. The van der Waals surface area contributed by atoms with E-state index in [0.717, 1.165) is 11.1 Å². The molecule has 0 spiro atoms. The van der Waals surface area contributed by atoms with E-state index in [1.165, 1.54) is 12.2 Å². The van der Waals surface area contributed by atoms with Crippen molar-refractivity contribution in [1.82, 2.24) is 0 Å². The molecule has 0 aromatic rings. The largest absolute Gasteiger partial charge is 0.157 e. The van der Waals surface area contributed by atoms with Crippen LogP contribution >= 0.6 is 23.4 Å². The first-order chi connectivity index (χ1) is 2.93. The number of halogens is 1. The fourth-order valence-electron chi connectivity index (χ4n) is 0.406. The molecular weight excluding hydrogens is 116 g/mol. The molecule has 2 heteroatoms. The zero-order valence-electron chi connectivity index (χ0n) is 3.48. The normalized spacial score (nSPS) is 32.5. The van der Waals surface area contributed by atoms with E-state index in [4.69, 9.17) is 11.6 Å². The van der Waals surface area contributed by atoms with Crippen LogP contribution in [0.25, 0.3) is 0 Å². The van der Waals surface area contributed by atoms with Gasteiger partial charge >= 0.3 is 0 Å². The predicted molar refractivity (Wildman–Crippen MR) is 31.6 cm³/mol. The third-order valence-corrected chi connectivity index (χ3v) is 2.87. The molecule has 0 aliphatic carbocycles. The summed E-state index contributed by atoms with van der Waals surface area (Å²) >= 11 is 7.46. The van der Waals surface area contributed by atoms with Crippen LogP contribution in [-0.4, -0.2) is 16.9 Å². The molecule has 0 aromatic heterocycles. The van der Waals surface area contributed by atoms with Crippen LogP contribution in [0, 0.1) is 0 Å². The average molecular weight is 123 g/mol. The van der Waals surface area contributed by atoms with Crippen molar-refractivity contribution in [2.24, 2.45) is 0 Å². The van der Waals surface area contributed by atoms with Crippen LogP contribution < -0.4 is 0 Å². The number of hydrogen-bond acceptors (Lipinski definition) is 1. The van der Waals surface area contributed by atoms with Gasteiger partial charge in [0.1, 0.15) is 0 Å². The molecule has 0 radical (unpaired) electrons. The van der Waals surface area contributed by atoms with E-state index in [1.807, 2.05) is 11.8 Å². The van der Waals surface area contributed by atoms with Crippen LogP contribution in [0.2, 0.25) is 0 Å². The smallest absolute Gasteiger partial charge is 0.0342 e. The molecule has 0 nitrogen and oxygen atoms in total. The first kappa shape index (κ1) is 4.79. The molecule has 1 rings (SSSR count). The highest BCUT2D eigenvalue weighted by Crippen LogP contribution is 2.27. The summed E-state index contributed by atoms with van der Waals surface area (Å²) in [5.74, 6) is 2.18. The number of hydrogen-bond donors (Lipinski definition) is 0. The van der Waals surface area contributed by atoms with Crippen LogP contribution in [-0.2, 0) is 0 Å². The van der Waals surface area contributed by atoms with Crippen molar-refractivity contribution in [2.75, 3.05) is 11.6 Å². The molecule has 6 heavy (non-hydrogen) atoms. The lowest BCUT2D eigenvalue weighted by Gasteiger charge is -2.21. The maximum Gasteiger partial charge on any atom is 0.0342 e. The van der Waals surface area contributed by atoms with Gasteiger partial charge in [0.25, 0.3) is 0 Å². The van der Waals surface area contributed by atoms with Crippen LogP contribution in [0.1, 0.15) is 6.42 Å². The lowest BCUT2D eigenvalue weighted by atomic mass is 10.3. The van der Waals surface area contributed by atoms with E-state index in [-0.39, 0.29) is 0 Å². The van der Waals surface area contributed by atoms with Crippen molar-refractivity contribution >= 4 is 23.4 Å². The zero-order valence-corrected chi connectivity index (χ0v) is 5.06. The Bertz CT molecular complexity index is 40.1. The summed E-state index contributed by atoms with van der Waals surface area (Å²) < 4.78 is 0. The minimum Gasteiger partial charge on any atom is -0.157 e. The molecule has 1 saturated heterocycles. The maximum absolute atomic E-state index is 5.48. The molecule has 0 bridgehead atoms. The fraction of sp³-hybridized carbons (Fsp3) is 1.00. The monoisotopic (exact) mass is 122 g/mol. The molecule has 0 N–H and O–H groups in total. The van der Waals surface area contributed by atoms with Crippen molar-refractivity contribution in [1.29, 1.82) is 0 Å². The van der Waals surface area contributed by atoms with E-state index in [2.05, 4.69) is 0 Å². The maximum atomic E-state index is 5.48. The highest BCUT2D eigenvalue weighted by atomic mass is 35.5. The Hall–Kier alpha value is 0.640. The van der Waals surface area contributed by atoms with E-state index in [1.54, 1.807) is 0 Å². The first-order valence-corrected chi connectivity index (χ1v) is 3.69. The lowest BCUT2D eigenvalue weighted by molar-refractivity contribution is 0.867. The quantitative estimate of drug-likeness (QED) is 0.478. The molecule has 36 valence electrons. The van der Waals surface area contributed by atoms with Gasteiger partial charge in [-0.2, -0.15) is 11.8 Å². The molecule has 1 heterocycles.